The first-order valence-corrected chi connectivity index (χ1v) is 10.1. The Morgan fingerprint density at radius 2 is 1.93 bits per heavy atom. The highest BCUT2D eigenvalue weighted by Gasteiger charge is 2.15. The summed E-state index contributed by atoms with van der Waals surface area (Å²) < 4.78 is 1.80. The van der Waals surface area contributed by atoms with Crippen LogP contribution < -0.4 is 10.6 Å². The molecule has 2 heterocycles. The Morgan fingerprint density at radius 3 is 2.76 bits per heavy atom. The van der Waals surface area contributed by atoms with Crippen LogP contribution in [0.15, 0.2) is 42.6 Å². The number of hydrogen-bond donors (Lipinski definition) is 2. The predicted molar refractivity (Wildman–Crippen MR) is 116 cm³/mol. The summed E-state index contributed by atoms with van der Waals surface area (Å²) in [5, 5.41) is 6.44. The lowest BCUT2D eigenvalue weighted by molar-refractivity contribution is -0.116. The first-order chi connectivity index (χ1) is 14.0. The molecule has 3 rings (SSSR count). The average molecular weight is 413 g/mol. The Labute approximate surface area is 175 Å². The number of aromatic nitrogens is 2. The van der Waals surface area contributed by atoms with Crippen LogP contribution in [-0.2, 0) is 4.79 Å². The van der Waals surface area contributed by atoms with Crippen molar-refractivity contribution in [3.8, 4) is 0 Å². The Morgan fingerprint density at radius 1 is 1.10 bits per heavy atom. The highest BCUT2D eigenvalue weighted by atomic mass is 35.5. The molecule has 0 spiro atoms. The van der Waals surface area contributed by atoms with Crippen molar-refractivity contribution in [2.24, 2.45) is 0 Å². The molecule has 6 nitrogen and oxygen atoms in total. The van der Waals surface area contributed by atoms with Crippen molar-refractivity contribution in [2.75, 3.05) is 11.9 Å². The van der Waals surface area contributed by atoms with E-state index in [0.717, 1.165) is 36.2 Å². The van der Waals surface area contributed by atoms with Crippen molar-refractivity contribution < 1.29 is 9.59 Å². The number of hydrogen-bond acceptors (Lipinski definition) is 3. The van der Waals surface area contributed by atoms with Gasteiger partial charge in [-0.05, 0) is 56.5 Å². The van der Waals surface area contributed by atoms with Gasteiger partial charge in [-0.2, -0.15) is 0 Å². The Kier molecular flexibility index (Phi) is 6.88. The van der Waals surface area contributed by atoms with Crippen molar-refractivity contribution in [2.45, 2.75) is 39.5 Å². The maximum absolute atomic E-state index is 12.5. The number of amides is 2. The number of benzene rings is 1. The molecule has 2 amide bonds. The molecule has 29 heavy (non-hydrogen) atoms. The monoisotopic (exact) mass is 412 g/mol. The normalized spacial score (nSPS) is 10.9. The quantitative estimate of drug-likeness (QED) is 0.533. The summed E-state index contributed by atoms with van der Waals surface area (Å²) in [5.74, 6) is -0.156. The summed E-state index contributed by atoms with van der Waals surface area (Å²) in [5.41, 5.74) is 3.76. The molecule has 2 N–H and O–H groups in total. The molecule has 3 aromatic rings. The molecule has 0 aliphatic heterocycles. The zero-order chi connectivity index (χ0) is 20.8. The van der Waals surface area contributed by atoms with E-state index in [0.29, 0.717) is 29.4 Å². The third-order valence-electron chi connectivity index (χ3n) is 4.76. The summed E-state index contributed by atoms with van der Waals surface area (Å²) in [6.45, 7) is 4.33. The molecule has 152 valence electrons. The summed E-state index contributed by atoms with van der Waals surface area (Å²) in [6.07, 6.45) is 4.70. The van der Waals surface area contributed by atoms with E-state index in [-0.39, 0.29) is 11.8 Å². The van der Waals surface area contributed by atoms with Gasteiger partial charge in [0.2, 0.25) is 5.91 Å². The van der Waals surface area contributed by atoms with Gasteiger partial charge in [-0.15, -0.1) is 0 Å². The van der Waals surface area contributed by atoms with Crippen LogP contribution in [0.2, 0.25) is 5.02 Å². The number of pyridine rings is 1. The lowest BCUT2D eigenvalue weighted by atomic mass is 10.1. The molecule has 0 fully saturated rings. The van der Waals surface area contributed by atoms with Crippen molar-refractivity contribution >= 4 is 34.7 Å². The second-order valence-corrected chi connectivity index (χ2v) is 7.49. The maximum Gasteiger partial charge on any atom is 0.270 e. The van der Waals surface area contributed by atoms with Gasteiger partial charge in [0.25, 0.3) is 5.91 Å². The minimum absolute atomic E-state index is 0.0271. The van der Waals surface area contributed by atoms with E-state index >= 15 is 0 Å². The molecule has 7 heteroatoms. The zero-order valence-corrected chi connectivity index (χ0v) is 17.4. The molecule has 0 aliphatic carbocycles. The lowest BCUT2D eigenvalue weighted by Crippen LogP contribution is -2.26. The van der Waals surface area contributed by atoms with Gasteiger partial charge in [-0.3, -0.25) is 14.0 Å². The fraction of sp³-hybridized carbons (Fsp3) is 0.318. The molecule has 2 aromatic heterocycles. The minimum atomic E-state index is -0.129. The Hall–Kier alpha value is -2.86. The zero-order valence-electron chi connectivity index (χ0n) is 16.7. The molecular weight excluding hydrogens is 388 g/mol. The van der Waals surface area contributed by atoms with Crippen LogP contribution >= 0.6 is 11.6 Å². The van der Waals surface area contributed by atoms with Gasteiger partial charge in [0.15, 0.2) is 0 Å². The average Bonchev–Trinajstić information content (AvgIpc) is 3.03. The van der Waals surface area contributed by atoms with Crippen LogP contribution in [0.25, 0.3) is 5.65 Å². The third kappa shape index (κ3) is 5.35. The van der Waals surface area contributed by atoms with Gasteiger partial charge < -0.3 is 10.6 Å². The maximum atomic E-state index is 12.5. The van der Waals surface area contributed by atoms with E-state index < -0.39 is 0 Å². The second-order valence-electron chi connectivity index (χ2n) is 7.05. The molecule has 0 unspecified atom stereocenters. The van der Waals surface area contributed by atoms with Crippen molar-refractivity contribution in [3.63, 3.8) is 0 Å². The first kappa shape index (κ1) is 20.9. The fourth-order valence-electron chi connectivity index (χ4n) is 3.20. The lowest BCUT2D eigenvalue weighted by Gasteiger charge is -2.09. The van der Waals surface area contributed by atoms with Crippen molar-refractivity contribution in [3.05, 3.63) is 64.6 Å². The molecule has 0 aliphatic rings. The molecule has 0 radical (unpaired) electrons. The summed E-state index contributed by atoms with van der Waals surface area (Å²) in [4.78, 5) is 29.0. The largest absolute Gasteiger partial charge is 0.351 e. The van der Waals surface area contributed by atoms with Crippen LogP contribution in [0.5, 0.6) is 0 Å². The standard InChI is InChI=1S/C22H25ClN4O2/c1-15-10-11-17(23)14-18(15)26-20(28)9-4-3-6-12-24-22(29)21-16(2)25-19-8-5-7-13-27(19)21/h5,7-8,10-11,13-14H,3-4,6,9,12H2,1-2H3,(H,24,29)(H,26,28). The van der Waals surface area contributed by atoms with Gasteiger partial charge >= 0.3 is 0 Å². The van der Waals surface area contributed by atoms with E-state index in [2.05, 4.69) is 15.6 Å². The van der Waals surface area contributed by atoms with Gasteiger partial charge in [-0.1, -0.05) is 30.2 Å². The number of imidazole rings is 1. The van der Waals surface area contributed by atoms with Gasteiger partial charge in [0, 0.05) is 29.9 Å². The van der Waals surface area contributed by atoms with Crippen LogP contribution in [0.3, 0.4) is 0 Å². The number of carbonyl (C=O) groups excluding carboxylic acids is 2. The Bertz CT molecular complexity index is 1030. The number of fused-ring (bicyclic) bond motifs is 1. The number of unbranched alkanes of at least 4 members (excludes halogenated alkanes) is 2. The van der Waals surface area contributed by atoms with E-state index in [1.165, 1.54) is 0 Å². The number of carbonyl (C=O) groups is 2. The van der Waals surface area contributed by atoms with Crippen LogP contribution in [-0.4, -0.2) is 27.7 Å². The first-order valence-electron chi connectivity index (χ1n) is 9.73. The molecule has 0 atom stereocenters. The molecule has 0 saturated heterocycles. The van der Waals surface area contributed by atoms with Crippen LogP contribution in [0, 0.1) is 13.8 Å². The summed E-state index contributed by atoms with van der Waals surface area (Å²) >= 11 is 5.98. The van der Waals surface area contributed by atoms with Crippen molar-refractivity contribution in [1.82, 2.24) is 14.7 Å². The molecule has 1 aromatic carbocycles. The van der Waals surface area contributed by atoms with Crippen molar-refractivity contribution in [1.29, 1.82) is 0 Å². The fourth-order valence-corrected chi connectivity index (χ4v) is 3.37. The minimum Gasteiger partial charge on any atom is -0.351 e. The van der Waals surface area contributed by atoms with E-state index in [1.54, 1.807) is 16.5 Å². The van der Waals surface area contributed by atoms with Gasteiger partial charge in [0.05, 0.1) is 5.69 Å². The number of rotatable bonds is 8. The van der Waals surface area contributed by atoms with Crippen LogP contribution in [0.1, 0.15) is 47.4 Å². The highest BCUT2D eigenvalue weighted by molar-refractivity contribution is 6.31. The Balaban J connectivity index is 1.38. The second kappa shape index (κ2) is 9.56. The van der Waals surface area contributed by atoms with E-state index in [9.17, 15) is 9.59 Å². The van der Waals surface area contributed by atoms with Gasteiger partial charge in [-0.25, -0.2) is 4.98 Å². The van der Waals surface area contributed by atoms with Crippen LogP contribution in [0.4, 0.5) is 5.69 Å². The molecule has 0 bridgehead atoms. The van der Waals surface area contributed by atoms with E-state index in [1.807, 2.05) is 44.3 Å². The smallest absolute Gasteiger partial charge is 0.270 e. The predicted octanol–water partition coefficient (Wildman–Crippen LogP) is 4.53. The number of halogens is 1. The molecular formula is C22H25ClN4O2. The molecule has 0 saturated carbocycles. The number of nitrogens with one attached hydrogen (secondary N) is 2. The number of anilines is 1. The summed E-state index contributed by atoms with van der Waals surface area (Å²) in [6, 6.07) is 11.1. The van der Waals surface area contributed by atoms with E-state index in [4.69, 9.17) is 11.6 Å². The van der Waals surface area contributed by atoms with Gasteiger partial charge in [0.1, 0.15) is 11.3 Å². The SMILES string of the molecule is Cc1ccc(Cl)cc1NC(=O)CCCCCNC(=O)c1c(C)nc2ccccn12. The third-order valence-corrected chi connectivity index (χ3v) is 4.99. The topological polar surface area (TPSA) is 75.5 Å². The highest BCUT2D eigenvalue weighted by Crippen LogP contribution is 2.20. The summed E-state index contributed by atoms with van der Waals surface area (Å²) in [7, 11) is 0. The number of nitrogens with zero attached hydrogens (tertiary/aromatic N) is 2. The number of aryl methyl sites for hydroxylation is 2.